The monoisotopic (exact) mass is 420 g/mol. The van der Waals surface area contributed by atoms with E-state index >= 15 is 0 Å². The summed E-state index contributed by atoms with van der Waals surface area (Å²) in [4.78, 5) is 0. The molecule has 0 amide bonds. The van der Waals surface area contributed by atoms with Crippen LogP contribution in [0, 0.1) is 0 Å². The van der Waals surface area contributed by atoms with Gasteiger partial charge in [-0.3, -0.25) is 0 Å². The minimum atomic E-state index is 1.19. The van der Waals surface area contributed by atoms with Crippen molar-refractivity contribution in [3.63, 3.8) is 0 Å². The molecule has 2 aromatic rings. The Morgan fingerprint density at radius 1 is 0.516 bits per heavy atom. The fourth-order valence-corrected chi connectivity index (χ4v) is 4.67. The lowest BCUT2D eigenvalue weighted by atomic mass is 9.99. The number of fused-ring (bicyclic) bond motifs is 1. The molecule has 0 bridgehead atoms. The van der Waals surface area contributed by atoms with Crippen molar-refractivity contribution in [2.24, 2.45) is 0 Å². The van der Waals surface area contributed by atoms with Crippen LogP contribution in [0.4, 0.5) is 0 Å². The maximum atomic E-state index is 2.35. The molecule has 0 unspecified atom stereocenters. The van der Waals surface area contributed by atoms with Crippen molar-refractivity contribution in [2.75, 3.05) is 0 Å². The Labute approximate surface area is 193 Å². The standard InChI is InChI=1S/C31H48/c1-2-3-4-5-6-7-8-9-10-11-12-13-14-15-16-17-18-19-20-24-29-26-23-27-30-25-21-22-28-31(29)30/h3-4,21-23,25-28H,2,5-20,24H2,1H3/b4-3+. The summed E-state index contributed by atoms with van der Waals surface area (Å²) in [5.74, 6) is 0. The molecule has 0 saturated carbocycles. The third kappa shape index (κ3) is 12.2. The van der Waals surface area contributed by atoms with E-state index in [1.54, 1.807) is 0 Å². The summed E-state index contributed by atoms with van der Waals surface area (Å²) in [5, 5.41) is 2.83. The Morgan fingerprint density at radius 2 is 1.03 bits per heavy atom. The molecule has 0 spiro atoms. The van der Waals surface area contributed by atoms with Crippen LogP contribution in [0.2, 0.25) is 0 Å². The van der Waals surface area contributed by atoms with Gasteiger partial charge in [-0.2, -0.15) is 0 Å². The molecule has 0 atom stereocenters. The van der Waals surface area contributed by atoms with Gasteiger partial charge in [-0.05, 0) is 48.4 Å². The molecule has 0 aliphatic heterocycles. The number of allylic oxidation sites excluding steroid dienone is 2. The highest BCUT2D eigenvalue weighted by atomic mass is 14.1. The number of unbranched alkanes of at least 4 members (excludes halogenated alkanes) is 15. The van der Waals surface area contributed by atoms with E-state index in [1.807, 2.05) is 0 Å². The van der Waals surface area contributed by atoms with Crippen LogP contribution in [0.25, 0.3) is 10.8 Å². The highest BCUT2D eigenvalue weighted by molar-refractivity contribution is 5.85. The Kier molecular flexibility index (Phi) is 15.0. The Bertz CT molecular complexity index is 691. The lowest BCUT2D eigenvalue weighted by Gasteiger charge is -2.07. The molecule has 0 N–H and O–H groups in total. The molecule has 0 saturated heterocycles. The molecule has 0 aliphatic carbocycles. The Morgan fingerprint density at radius 3 is 1.65 bits per heavy atom. The lowest BCUT2D eigenvalue weighted by Crippen LogP contribution is -1.88. The number of rotatable bonds is 19. The summed E-state index contributed by atoms with van der Waals surface area (Å²) in [6, 6.07) is 15.6. The fourth-order valence-electron chi connectivity index (χ4n) is 4.67. The minimum absolute atomic E-state index is 1.19. The van der Waals surface area contributed by atoms with Crippen molar-refractivity contribution in [3.05, 3.63) is 60.2 Å². The van der Waals surface area contributed by atoms with Gasteiger partial charge >= 0.3 is 0 Å². The predicted octanol–water partition coefficient (Wildman–Crippen LogP) is 10.6. The maximum Gasteiger partial charge on any atom is -0.0152 e. The van der Waals surface area contributed by atoms with Crippen molar-refractivity contribution in [3.8, 4) is 0 Å². The topological polar surface area (TPSA) is 0 Å². The number of hydrogen-bond donors (Lipinski definition) is 0. The Hall–Kier alpha value is -1.56. The molecule has 0 heterocycles. The van der Waals surface area contributed by atoms with Crippen molar-refractivity contribution in [1.82, 2.24) is 0 Å². The highest BCUT2D eigenvalue weighted by Gasteiger charge is 2.00. The van der Waals surface area contributed by atoms with E-state index in [9.17, 15) is 0 Å². The lowest BCUT2D eigenvalue weighted by molar-refractivity contribution is 0.531. The van der Waals surface area contributed by atoms with Crippen molar-refractivity contribution >= 4 is 10.8 Å². The maximum absolute atomic E-state index is 2.35. The van der Waals surface area contributed by atoms with Crippen LogP contribution < -0.4 is 0 Å². The summed E-state index contributed by atoms with van der Waals surface area (Å²) in [6.07, 6.45) is 29.9. The molecule has 2 rings (SSSR count). The highest BCUT2D eigenvalue weighted by Crippen LogP contribution is 2.21. The van der Waals surface area contributed by atoms with E-state index in [0.717, 1.165) is 0 Å². The van der Waals surface area contributed by atoms with Gasteiger partial charge in [0.05, 0.1) is 0 Å². The molecular formula is C31H48. The van der Waals surface area contributed by atoms with Gasteiger partial charge in [0.2, 0.25) is 0 Å². The molecule has 31 heavy (non-hydrogen) atoms. The summed E-state index contributed by atoms with van der Waals surface area (Å²) in [6.45, 7) is 2.21. The van der Waals surface area contributed by atoms with Gasteiger partial charge in [-0.25, -0.2) is 0 Å². The van der Waals surface area contributed by atoms with Gasteiger partial charge in [0.1, 0.15) is 0 Å². The Balaban J connectivity index is 1.32. The number of benzene rings is 2. The zero-order valence-electron chi connectivity index (χ0n) is 20.4. The van der Waals surface area contributed by atoms with Gasteiger partial charge in [0.25, 0.3) is 0 Å². The van der Waals surface area contributed by atoms with Gasteiger partial charge in [-0.15, -0.1) is 0 Å². The van der Waals surface area contributed by atoms with Crippen molar-refractivity contribution in [1.29, 1.82) is 0 Å². The smallest absolute Gasteiger partial charge is 0.0152 e. The summed E-state index contributed by atoms with van der Waals surface area (Å²) in [7, 11) is 0. The van der Waals surface area contributed by atoms with Gasteiger partial charge < -0.3 is 0 Å². The summed E-state index contributed by atoms with van der Waals surface area (Å²) >= 11 is 0. The molecule has 0 fully saturated rings. The first-order chi connectivity index (χ1) is 15.4. The second-order valence-corrected chi connectivity index (χ2v) is 9.36. The average molecular weight is 421 g/mol. The van der Waals surface area contributed by atoms with E-state index in [4.69, 9.17) is 0 Å². The normalized spacial score (nSPS) is 11.6. The van der Waals surface area contributed by atoms with Crippen LogP contribution in [0.15, 0.2) is 54.6 Å². The zero-order chi connectivity index (χ0) is 21.8. The van der Waals surface area contributed by atoms with E-state index in [-0.39, 0.29) is 0 Å². The summed E-state index contributed by atoms with van der Waals surface area (Å²) in [5.41, 5.74) is 1.53. The fraction of sp³-hybridized carbons (Fsp3) is 0.613. The second kappa shape index (κ2) is 18.1. The number of hydrogen-bond acceptors (Lipinski definition) is 0. The third-order valence-corrected chi connectivity index (χ3v) is 6.60. The first kappa shape index (κ1) is 25.7. The van der Waals surface area contributed by atoms with E-state index in [2.05, 4.69) is 61.5 Å². The number of aryl methyl sites for hydroxylation is 1. The van der Waals surface area contributed by atoms with Gasteiger partial charge in [0.15, 0.2) is 0 Å². The predicted molar refractivity (Wildman–Crippen MR) is 141 cm³/mol. The molecule has 0 aliphatic rings. The van der Waals surface area contributed by atoms with Crippen LogP contribution >= 0.6 is 0 Å². The molecule has 2 aromatic carbocycles. The average Bonchev–Trinajstić information content (AvgIpc) is 2.80. The molecular weight excluding hydrogens is 372 g/mol. The van der Waals surface area contributed by atoms with Gasteiger partial charge in [0, 0.05) is 0 Å². The largest absolute Gasteiger partial charge is 0.0888 e. The van der Waals surface area contributed by atoms with Crippen LogP contribution in [0.1, 0.15) is 122 Å². The van der Waals surface area contributed by atoms with Gasteiger partial charge in [-0.1, -0.05) is 145 Å². The first-order valence-corrected chi connectivity index (χ1v) is 13.5. The molecule has 0 aromatic heterocycles. The van der Waals surface area contributed by atoms with Crippen molar-refractivity contribution in [2.45, 2.75) is 122 Å². The minimum Gasteiger partial charge on any atom is -0.0888 e. The molecule has 172 valence electrons. The summed E-state index contributed by atoms with van der Waals surface area (Å²) < 4.78 is 0. The second-order valence-electron chi connectivity index (χ2n) is 9.36. The SMILES string of the molecule is CC/C=C/CCCCCCCCCCCCCCCCCc1cccc2ccccc12. The van der Waals surface area contributed by atoms with Crippen molar-refractivity contribution < 1.29 is 0 Å². The third-order valence-electron chi connectivity index (χ3n) is 6.60. The molecule has 0 heteroatoms. The first-order valence-electron chi connectivity index (χ1n) is 13.5. The van der Waals surface area contributed by atoms with Crippen LogP contribution in [0.5, 0.6) is 0 Å². The van der Waals surface area contributed by atoms with Crippen LogP contribution in [0.3, 0.4) is 0 Å². The van der Waals surface area contributed by atoms with E-state index < -0.39 is 0 Å². The van der Waals surface area contributed by atoms with E-state index in [1.165, 1.54) is 132 Å². The van der Waals surface area contributed by atoms with E-state index in [0.29, 0.717) is 0 Å². The molecule has 0 radical (unpaired) electrons. The molecule has 0 nitrogen and oxygen atoms in total. The van der Waals surface area contributed by atoms with Crippen LogP contribution in [-0.4, -0.2) is 0 Å². The quantitative estimate of drug-likeness (QED) is 0.156. The van der Waals surface area contributed by atoms with Crippen LogP contribution in [-0.2, 0) is 6.42 Å². The zero-order valence-corrected chi connectivity index (χ0v) is 20.4.